The summed E-state index contributed by atoms with van der Waals surface area (Å²) in [5.74, 6) is -0.0442. The van der Waals surface area contributed by atoms with Crippen molar-refractivity contribution in [1.82, 2.24) is 9.29 Å². The molecule has 1 unspecified atom stereocenters. The van der Waals surface area contributed by atoms with E-state index in [1.54, 1.807) is 28.8 Å². The van der Waals surface area contributed by atoms with Gasteiger partial charge in [-0.1, -0.05) is 13.8 Å². The van der Waals surface area contributed by atoms with Crippen molar-refractivity contribution < 1.29 is 8.42 Å². The molecule has 1 aromatic rings. The fourth-order valence-corrected chi connectivity index (χ4v) is 4.00. The van der Waals surface area contributed by atoms with Crippen LogP contribution in [0.1, 0.15) is 38.3 Å². The fourth-order valence-electron chi connectivity index (χ4n) is 2.41. The maximum absolute atomic E-state index is 12.4. The fraction of sp³-hybridized carbons (Fsp3) is 0.643. The number of aromatic nitrogens is 1. The summed E-state index contributed by atoms with van der Waals surface area (Å²) >= 11 is 0. The Morgan fingerprint density at radius 2 is 1.85 bits per heavy atom. The highest BCUT2D eigenvalue weighted by molar-refractivity contribution is 7.89. The molecule has 1 aromatic heterocycles. The Morgan fingerprint density at radius 1 is 1.30 bits per heavy atom. The molecule has 2 rings (SSSR count). The van der Waals surface area contributed by atoms with Crippen LogP contribution in [0.15, 0.2) is 24.5 Å². The van der Waals surface area contributed by atoms with E-state index in [0.29, 0.717) is 13.1 Å². The Morgan fingerprint density at radius 3 is 2.40 bits per heavy atom. The molecule has 6 heteroatoms. The zero-order valence-electron chi connectivity index (χ0n) is 12.1. The van der Waals surface area contributed by atoms with Crippen LogP contribution in [-0.4, -0.2) is 36.5 Å². The number of nitrogens with zero attached hydrogens (tertiary/aromatic N) is 2. The van der Waals surface area contributed by atoms with E-state index in [2.05, 4.69) is 18.8 Å². The van der Waals surface area contributed by atoms with Crippen LogP contribution in [0.2, 0.25) is 0 Å². The lowest BCUT2D eigenvalue weighted by molar-refractivity contribution is 0.195. The number of sulfonamides is 1. The molecule has 0 spiro atoms. The van der Waals surface area contributed by atoms with Crippen LogP contribution < -0.4 is 5.73 Å². The molecule has 2 heterocycles. The maximum atomic E-state index is 12.4. The van der Waals surface area contributed by atoms with Crippen LogP contribution in [0.4, 0.5) is 0 Å². The Labute approximate surface area is 121 Å². The SMILES string of the molecule is CC1(C)CCN(S(=O)(=O)CC(N)c2ccncc2)CC1. The standard InChI is InChI=1S/C14H23N3O2S/c1-14(2)5-9-17(10-6-14)20(18,19)11-13(15)12-3-7-16-8-4-12/h3-4,7-8,13H,5-6,9-11,15H2,1-2H3. The Kier molecular flexibility index (Phi) is 4.46. The van der Waals surface area contributed by atoms with Crippen molar-refractivity contribution in [3.05, 3.63) is 30.1 Å². The van der Waals surface area contributed by atoms with E-state index in [-0.39, 0.29) is 11.2 Å². The van der Waals surface area contributed by atoms with Crippen molar-refractivity contribution in [2.75, 3.05) is 18.8 Å². The van der Waals surface area contributed by atoms with Crippen molar-refractivity contribution in [3.63, 3.8) is 0 Å². The normalized spacial score (nSPS) is 21.6. The number of hydrogen-bond acceptors (Lipinski definition) is 4. The van der Waals surface area contributed by atoms with Crippen molar-refractivity contribution in [1.29, 1.82) is 0 Å². The van der Waals surface area contributed by atoms with E-state index in [0.717, 1.165) is 18.4 Å². The van der Waals surface area contributed by atoms with Gasteiger partial charge < -0.3 is 5.73 Å². The highest BCUT2D eigenvalue weighted by Gasteiger charge is 2.32. The molecular weight excluding hydrogens is 274 g/mol. The maximum Gasteiger partial charge on any atom is 0.215 e. The minimum absolute atomic E-state index is 0.0442. The molecule has 1 saturated heterocycles. The average molecular weight is 297 g/mol. The third-order valence-electron chi connectivity index (χ3n) is 3.99. The summed E-state index contributed by atoms with van der Waals surface area (Å²) in [5, 5.41) is 0. The molecule has 0 aliphatic carbocycles. The summed E-state index contributed by atoms with van der Waals surface area (Å²) in [6.45, 7) is 5.55. The molecule has 0 aromatic carbocycles. The molecule has 0 amide bonds. The first-order chi connectivity index (χ1) is 9.30. The molecule has 2 N–H and O–H groups in total. The summed E-state index contributed by atoms with van der Waals surface area (Å²) in [4.78, 5) is 3.91. The number of hydrogen-bond donors (Lipinski definition) is 1. The third-order valence-corrected chi connectivity index (χ3v) is 5.93. The predicted molar refractivity (Wildman–Crippen MR) is 79.5 cm³/mol. The lowest BCUT2D eigenvalue weighted by Crippen LogP contribution is -2.43. The summed E-state index contributed by atoms with van der Waals surface area (Å²) in [5.41, 5.74) is 7.05. The van der Waals surface area contributed by atoms with Crippen molar-refractivity contribution in [3.8, 4) is 0 Å². The molecular formula is C14H23N3O2S. The minimum Gasteiger partial charge on any atom is -0.323 e. The van der Waals surface area contributed by atoms with E-state index in [1.165, 1.54) is 0 Å². The van der Waals surface area contributed by atoms with Crippen molar-refractivity contribution in [2.45, 2.75) is 32.7 Å². The van der Waals surface area contributed by atoms with Crippen LogP contribution in [-0.2, 0) is 10.0 Å². The van der Waals surface area contributed by atoms with Crippen LogP contribution in [0.3, 0.4) is 0 Å². The zero-order chi connectivity index (χ0) is 14.8. The van der Waals surface area contributed by atoms with Gasteiger partial charge in [0.1, 0.15) is 0 Å². The molecule has 1 atom stereocenters. The lowest BCUT2D eigenvalue weighted by atomic mass is 9.83. The summed E-state index contributed by atoms with van der Waals surface area (Å²) in [6, 6.07) is 3.02. The zero-order valence-corrected chi connectivity index (χ0v) is 12.9. The first-order valence-electron chi connectivity index (χ1n) is 6.93. The van der Waals surface area contributed by atoms with Crippen molar-refractivity contribution in [2.24, 2.45) is 11.1 Å². The van der Waals surface area contributed by atoms with Crippen LogP contribution in [0.5, 0.6) is 0 Å². The van der Waals surface area contributed by atoms with E-state index in [4.69, 9.17) is 5.73 Å². The molecule has 0 bridgehead atoms. The first kappa shape index (κ1) is 15.4. The predicted octanol–water partition coefficient (Wildman–Crippen LogP) is 1.53. The first-order valence-corrected chi connectivity index (χ1v) is 8.54. The molecule has 0 radical (unpaired) electrons. The molecule has 1 fully saturated rings. The quantitative estimate of drug-likeness (QED) is 0.914. The molecule has 0 saturated carbocycles. The van der Waals surface area contributed by atoms with E-state index in [1.807, 2.05) is 0 Å². The lowest BCUT2D eigenvalue weighted by Gasteiger charge is -2.36. The number of piperidine rings is 1. The van der Waals surface area contributed by atoms with Crippen LogP contribution in [0, 0.1) is 5.41 Å². The van der Waals surface area contributed by atoms with Gasteiger partial charge in [-0.3, -0.25) is 4.98 Å². The average Bonchev–Trinajstić information content (AvgIpc) is 2.38. The molecule has 20 heavy (non-hydrogen) atoms. The molecule has 5 nitrogen and oxygen atoms in total. The topological polar surface area (TPSA) is 76.3 Å². The molecule has 112 valence electrons. The highest BCUT2D eigenvalue weighted by atomic mass is 32.2. The minimum atomic E-state index is -3.29. The van der Waals surface area contributed by atoms with E-state index < -0.39 is 16.1 Å². The van der Waals surface area contributed by atoms with Gasteiger partial charge in [-0.2, -0.15) is 0 Å². The van der Waals surface area contributed by atoms with Gasteiger partial charge in [0, 0.05) is 31.5 Å². The van der Waals surface area contributed by atoms with Gasteiger partial charge in [0.05, 0.1) is 5.75 Å². The van der Waals surface area contributed by atoms with Gasteiger partial charge >= 0.3 is 0 Å². The summed E-state index contributed by atoms with van der Waals surface area (Å²) in [6.07, 6.45) is 5.06. The van der Waals surface area contributed by atoms with Gasteiger partial charge in [-0.25, -0.2) is 12.7 Å². The van der Waals surface area contributed by atoms with Gasteiger partial charge in [0.2, 0.25) is 10.0 Å². The summed E-state index contributed by atoms with van der Waals surface area (Å²) < 4.78 is 26.4. The largest absolute Gasteiger partial charge is 0.323 e. The number of pyridine rings is 1. The Bertz CT molecular complexity index is 533. The second-order valence-electron chi connectivity index (χ2n) is 6.23. The summed E-state index contributed by atoms with van der Waals surface area (Å²) in [7, 11) is -3.29. The van der Waals surface area contributed by atoms with Gasteiger partial charge in [-0.15, -0.1) is 0 Å². The monoisotopic (exact) mass is 297 g/mol. The second kappa shape index (κ2) is 5.79. The van der Waals surface area contributed by atoms with Crippen LogP contribution in [0.25, 0.3) is 0 Å². The molecule has 1 aliphatic heterocycles. The number of nitrogens with two attached hydrogens (primary N) is 1. The van der Waals surface area contributed by atoms with Gasteiger partial charge in [0.25, 0.3) is 0 Å². The highest BCUT2D eigenvalue weighted by Crippen LogP contribution is 2.31. The third kappa shape index (κ3) is 3.77. The Hall–Kier alpha value is -0.980. The smallest absolute Gasteiger partial charge is 0.215 e. The van der Waals surface area contributed by atoms with Crippen molar-refractivity contribution >= 4 is 10.0 Å². The second-order valence-corrected chi connectivity index (χ2v) is 8.24. The van der Waals surface area contributed by atoms with Crippen LogP contribution >= 0.6 is 0 Å². The van der Waals surface area contributed by atoms with Gasteiger partial charge in [-0.05, 0) is 36.0 Å². The molecule has 1 aliphatic rings. The van der Waals surface area contributed by atoms with E-state index >= 15 is 0 Å². The Balaban J connectivity index is 2.01. The number of rotatable bonds is 4. The van der Waals surface area contributed by atoms with Gasteiger partial charge in [0.15, 0.2) is 0 Å². The van der Waals surface area contributed by atoms with E-state index in [9.17, 15) is 8.42 Å².